The highest BCUT2D eigenvalue weighted by Crippen LogP contribution is 2.29. The van der Waals surface area contributed by atoms with Gasteiger partial charge in [-0.3, -0.25) is 0 Å². The molecule has 0 saturated carbocycles. The van der Waals surface area contributed by atoms with E-state index in [4.69, 9.17) is 4.74 Å². The fourth-order valence-corrected chi connectivity index (χ4v) is 4.55. The number of hydrogen-bond donors (Lipinski definition) is 0. The number of carbonyl (C=O) groups is 1. The van der Waals surface area contributed by atoms with Crippen LogP contribution < -0.4 is 0 Å². The molecule has 0 unspecified atom stereocenters. The molecule has 4 nitrogen and oxygen atoms in total. The molecule has 0 aliphatic rings. The molecule has 0 saturated heterocycles. The van der Waals surface area contributed by atoms with Crippen molar-refractivity contribution in [3.05, 3.63) is 122 Å². The quantitative estimate of drug-likeness (QED) is 0.167. The lowest BCUT2D eigenvalue weighted by molar-refractivity contribution is 0.0692. The minimum Gasteiger partial charge on any atom is -0.422 e. The van der Waals surface area contributed by atoms with Gasteiger partial charge in [0.1, 0.15) is 11.6 Å². The van der Waals surface area contributed by atoms with Gasteiger partial charge in [0.2, 0.25) is 0 Å². The number of hydrogen-bond acceptors (Lipinski definition) is 3. The summed E-state index contributed by atoms with van der Waals surface area (Å²) in [5.74, 6) is 0.652. The van der Waals surface area contributed by atoms with Crippen molar-refractivity contribution in [1.82, 2.24) is 9.55 Å². The maximum atomic E-state index is 13.0. The van der Waals surface area contributed by atoms with Crippen LogP contribution in [0.1, 0.15) is 53.6 Å². The molecule has 3 aromatic carbocycles. The van der Waals surface area contributed by atoms with Gasteiger partial charge in [-0.15, -0.1) is 0 Å². The molecule has 0 amide bonds. The van der Waals surface area contributed by atoms with E-state index < -0.39 is 5.97 Å². The van der Waals surface area contributed by atoms with Gasteiger partial charge in [0.05, 0.1) is 5.56 Å². The van der Waals surface area contributed by atoms with Crippen molar-refractivity contribution in [2.24, 2.45) is 0 Å². The smallest absolute Gasteiger partial charge is 0.344 e. The van der Waals surface area contributed by atoms with E-state index in [0.29, 0.717) is 28.2 Å². The number of halogens is 2. The molecule has 0 aliphatic heterocycles. The number of ether oxygens (including phenoxy) is 1. The fourth-order valence-electron chi connectivity index (χ4n) is 3.62. The highest BCUT2D eigenvalue weighted by Gasteiger charge is 2.18. The lowest BCUT2D eigenvalue weighted by Gasteiger charge is -2.19. The average Bonchev–Trinajstić information content (AvgIpc) is 3.25. The number of benzene rings is 3. The molecular weight excluding hydrogens is 568 g/mol. The van der Waals surface area contributed by atoms with Crippen LogP contribution in [0, 0.1) is 0 Å². The second-order valence-electron chi connectivity index (χ2n) is 9.22. The van der Waals surface area contributed by atoms with Gasteiger partial charge < -0.3 is 9.30 Å². The van der Waals surface area contributed by atoms with Crippen LogP contribution in [0.5, 0.6) is 0 Å². The summed E-state index contributed by atoms with van der Waals surface area (Å²) in [6.07, 6.45) is 5.48. The van der Waals surface area contributed by atoms with Crippen molar-refractivity contribution in [2.45, 2.75) is 32.7 Å². The van der Waals surface area contributed by atoms with Crippen molar-refractivity contribution in [3.63, 3.8) is 0 Å². The number of carbonyl (C=O) groups excluding carboxylic acids is 1. The van der Waals surface area contributed by atoms with Gasteiger partial charge in [-0.05, 0) is 50.7 Å². The zero-order valence-corrected chi connectivity index (χ0v) is 23.0. The van der Waals surface area contributed by atoms with Crippen molar-refractivity contribution >= 4 is 49.7 Å². The molecule has 4 rings (SSSR count). The van der Waals surface area contributed by atoms with E-state index in [1.165, 1.54) is 11.1 Å². The predicted molar refractivity (Wildman–Crippen MR) is 148 cm³/mol. The Kier molecular flexibility index (Phi) is 7.72. The first-order chi connectivity index (χ1) is 16.7. The Bertz CT molecular complexity index is 1370. The second kappa shape index (κ2) is 10.8. The summed E-state index contributed by atoms with van der Waals surface area (Å²) >= 11 is 7.03. The Morgan fingerprint density at radius 3 is 2.11 bits per heavy atom. The summed E-state index contributed by atoms with van der Waals surface area (Å²) in [6.45, 7) is 7.27. The summed E-state index contributed by atoms with van der Waals surface area (Å²) < 4.78 is 9.46. The first-order valence-electron chi connectivity index (χ1n) is 11.3. The van der Waals surface area contributed by atoms with Gasteiger partial charge in [0.25, 0.3) is 0 Å². The fraction of sp³-hybridized carbons (Fsp3) is 0.172. The van der Waals surface area contributed by atoms with Crippen LogP contribution in [-0.4, -0.2) is 15.5 Å². The molecule has 0 atom stereocenters. The lowest BCUT2D eigenvalue weighted by Crippen LogP contribution is -2.11. The van der Waals surface area contributed by atoms with E-state index in [1.807, 2.05) is 47.2 Å². The Morgan fingerprint density at radius 1 is 0.914 bits per heavy atom. The SMILES string of the molecule is CC(C)(C)c1ccc(Cn2ccnc2C=C(OC(=O)c2ccccc2Br)c2ccccc2Br)cc1. The van der Waals surface area contributed by atoms with Crippen molar-refractivity contribution in [2.75, 3.05) is 0 Å². The maximum Gasteiger partial charge on any atom is 0.344 e. The molecule has 35 heavy (non-hydrogen) atoms. The Labute approximate surface area is 222 Å². The van der Waals surface area contributed by atoms with Crippen molar-refractivity contribution in [1.29, 1.82) is 0 Å². The van der Waals surface area contributed by atoms with Crippen LogP contribution in [0.4, 0.5) is 0 Å². The highest BCUT2D eigenvalue weighted by molar-refractivity contribution is 9.10. The maximum absolute atomic E-state index is 13.0. The summed E-state index contributed by atoms with van der Waals surface area (Å²) in [5, 5.41) is 0. The molecule has 0 fully saturated rings. The van der Waals surface area contributed by atoms with Gasteiger partial charge in [0.15, 0.2) is 0 Å². The molecule has 6 heteroatoms. The first kappa shape index (κ1) is 25.1. The van der Waals surface area contributed by atoms with E-state index in [1.54, 1.807) is 24.4 Å². The average molecular weight is 594 g/mol. The third-order valence-electron chi connectivity index (χ3n) is 5.62. The summed E-state index contributed by atoms with van der Waals surface area (Å²) in [7, 11) is 0. The minimum atomic E-state index is -0.449. The van der Waals surface area contributed by atoms with E-state index in [9.17, 15) is 4.79 Å². The van der Waals surface area contributed by atoms with Crippen LogP contribution >= 0.6 is 31.9 Å². The normalized spacial score (nSPS) is 12.0. The predicted octanol–water partition coefficient (Wildman–Crippen LogP) is 8.11. The third-order valence-corrected chi connectivity index (χ3v) is 7.00. The molecule has 0 aliphatic carbocycles. The molecule has 4 aromatic rings. The topological polar surface area (TPSA) is 44.1 Å². The summed E-state index contributed by atoms with van der Waals surface area (Å²) in [4.78, 5) is 17.6. The van der Waals surface area contributed by atoms with Gasteiger partial charge >= 0.3 is 5.97 Å². The number of rotatable bonds is 6. The van der Waals surface area contributed by atoms with Crippen LogP contribution in [0.3, 0.4) is 0 Å². The number of esters is 1. The summed E-state index contributed by atoms with van der Waals surface area (Å²) in [6, 6.07) is 23.5. The van der Waals surface area contributed by atoms with Gasteiger partial charge in [0, 0.05) is 39.5 Å². The van der Waals surface area contributed by atoms with E-state index in [-0.39, 0.29) is 5.41 Å². The number of aromatic nitrogens is 2. The van der Waals surface area contributed by atoms with Crippen molar-refractivity contribution < 1.29 is 9.53 Å². The molecule has 1 aromatic heterocycles. The van der Waals surface area contributed by atoms with Gasteiger partial charge in [-0.25, -0.2) is 9.78 Å². The highest BCUT2D eigenvalue weighted by atomic mass is 79.9. The Morgan fingerprint density at radius 2 is 1.51 bits per heavy atom. The molecule has 0 radical (unpaired) electrons. The molecule has 0 spiro atoms. The molecule has 0 N–H and O–H groups in total. The van der Waals surface area contributed by atoms with Crippen LogP contribution in [0.15, 0.2) is 94.1 Å². The lowest BCUT2D eigenvalue weighted by atomic mass is 9.87. The summed E-state index contributed by atoms with van der Waals surface area (Å²) in [5.41, 5.74) is 3.78. The van der Waals surface area contributed by atoms with E-state index >= 15 is 0 Å². The molecule has 0 bridgehead atoms. The van der Waals surface area contributed by atoms with E-state index in [0.717, 1.165) is 10.0 Å². The van der Waals surface area contributed by atoms with Crippen molar-refractivity contribution in [3.8, 4) is 0 Å². The number of nitrogens with zero attached hydrogens (tertiary/aromatic N) is 2. The van der Waals surface area contributed by atoms with Crippen LogP contribution in [0.25, 0.3) is 11.8 Å². The van der Waals surface area contributed by atoms with Crippen LogP contribution in [0.2, 0.25) is 0 Å². The van der Waals surface area contributed by atoms with Gasteiger partial charge in [-0.1, -0.05) is 91.3 Å². The van der Waals surface area contributed by atoms with Crippen LogP contribution in [-0.2, 0) is 16.7 Å². The second-order valence-corrected chi connectivity index (χ2v) is 10.9. The monoisotopic (exact) mass is 592 g/mol. The molecular formula is C29H26Br2N2O2. The third kappa shape index (κ3) is 6.19. The standard InChI is InChI=1S/C29H26Br2N2O2/c1-29(2,3)21-14-12-20(13-15-21)19-33-17-16-32-27(33)18-26(22-8-4-6-10-24(22)30)35-28(34)23-9-5-7-11-25(23)31/h4-18H,19H2,1-3H3. The minimum absolute atomic E-state index is 0.108. The van der Waals surface area contributed by atoms with E-state index in [2.05, 4.69) is 81.9 Å². The largest absolute Gasteiger partial charge is 0.422 e. The van der Waals surface area contributed by atoms with Gasteiger partial charge in [-0.2, -0.15) is 0 Å². The zero-order valence-electron chi connectivity index (χ0n) is 19.8. The first-order valence-corrected chi connectivity index (χ1v) is 12.8. The molecule has 1 heterocycles. The Balaban J connectivity index is 1.67. The number of imidazole rings is 1. The zero-order chi connectivity index (χ0) is 25.0. The molecule has 178 valence electrons. The Hall–Kier alpha value is -2.96.